The van der Waals surface area contributed by atoms with Gasteiger partial charge >= 0.3 is 5.69 Å². The van der Waals surface area contributed by atoms with Crippen LogP contribution in [0.4, 0.5) is 11.5 Å². The van der Waals surface area contributed by atoms with E-state index in [4.69, 9.17) is 22.1 Å². The zero-order valence-corrected chi connectivity index (χ0v) is 17.7. The molecule has 0 aliphatic carbocycles. The lowest BCUT2D eigenvalue weighted by molar-refractivity contribution is -0.118. The molecule has 0 aliphatic rings. The molecule has 9 heteroatoms. The van der Waals surface area contributed by atoms with Gasteiger partial charge in [-0.2, -0.15) is 0 Å². The number of unbranched alkanes of at least 4 members (excludes halogenated alkanes) is 1. The molecular formula is C20H27ClN4O4. The second-order valence-electron chi connectivity index (χ2n) is 6.81. The number of aryl methyl sites for hydroxylation is 1. The molecule has 29 heavy (non-hydrogen) atoms. The van der Waals surface area contributed by atoms with Gasteiger partial charge in [0, 0.05) is 25.0 Å². The van der Waals surface area contributed by atoms with Crippen LogP contribution in [-0.2, 0) is 11.3 Å². The minimum atomic E-state index is -0.677. The first kappa shape index (κ1) is 22.5. The van der Waals surface area contributed by atoms with Gasteiger partial charge in [0.1, 0.15) is 11.6 Å². The van der Waals surface area contributed by atoms with Gasteiger partial charge in [-0.05, 0) is 43.5 Å². The van der Waals surface area contributed by atoms with Gasteiger partial charge in [0.25, 0.3) is 5.56 Å². The van der Waals surface area contributed by atoms with Crippen molar-refractivity contribution < 1.29 is 9.53 Å². The first-order valence-corrected chi connectivity index (χ1v) is 9.92. The van der Waals surface area contributed by atoms with Gasteiger partial charge in [0.2, 0.25) is 5.91 Å². The maximum absolute atomic E-state index is 12.5. The van der Waals surface area contributed by atoms with Crippen LogP contribution in [0.25, 0.3) is 0 Å². The zero-order valence-electron chi connectivity index (χ0n) is 17.0. The summed E-state index contributed by atoms with van der Waals surface area (Å²) in [4.78, 5) is 40.2. The molecule has 0 saturated carbocycles. The van der Waals surface area contributed by atoms with Crippen LogP contribution in [0.2, 0.25) is 5.02 Å². The number of carbonyl (C=O) groups excluding carboxylic acids is 1. The van der Waals surface area contributed by atoms with Crippen LogP contribution in [0.15, 0.2) is 27.8 Å². The molecule has 0 saturated heterocycles. The Hall–Kier alpha value is -2.74. The number of ether oxygens (including phenoxy) is 1. The smallest absolute Gasteiger partial charge is 0.330 e. The number of hydrogen-bond acceptors (Lipinski definition) is 5. The van der Waals surface area contributed by atoms with E-state index in [1.807, 2.05) is 19.9 Å². The van der Waals surface area contributed by atoms with Gasteiger partial charge in [-0.3, -0.25) is 19.1 Å². The van der Waals surface area contributed by atoms with E-state index in [-0.39, 0.29) is 23.8 Å². The Bertz CT molecular complexity index is 983. The van der Waals surface area contributed by atoms with E-state index < -0.39 is 11.2 Å². The normalized spacial score (nSPS) is 10.8. The molecule has 2 aromatic rings. The van der Waals surface area contributed by atoms with Crippen LogP contribution in [-0.4, -0.2) is 29.1 Å². The predicted octanol–water partition coefficient (Wildman–Crippen LogP) is 2.70. The van der Waals surface area contributed by atoms with Crippen molar-refractivity contribution in [2.24, 2.45) is 0 Å². The van der Waals surface area contributed by atoms with E-state index in [2.05, 4.69) is 4.98 Å². The third kappa shape index (κ3) is 5.63. The van der Waals surface area contributed by atoms with Crippen molar-refractivity contribution in [2.75, 3.05) is 24.3 Å². The lowest BCUT2D eigenvalue weighted by atomic mass is 10.2. The first-order chi connectivity index (χ1) is 13.8. The van der Waals surface area contributed by atoms with E-state index in [1.54, 1.807) is 12.1 Å². The van der Waals surface area contributed by atoms with Gasteiger partial charge < -0.3 is 15.4 Å². The number of halogens is 1. The Kier molecular flexibility index (Phi) is 7.90. The standard InChI is InChI=1S/C20H27ClN4O4/c1-4-5-10-25-18(22)17(19(27)23-20(25)28)24(3)16(26)7-6-11-29-14-8-9-15(21)13(2)12-14/h8-9,12H,4-7,10-11,22H2,1-3H3,(H,23,27,28). The predicted molar refractivity (Wildman–Crippen MR) is 115 cm³/mol. The molecule has 158 valence electrons. The summed E-state index contributed by atoms with van der Waals surface area (Å²) in [5, 5.41) is 0.664. The fraction of sp³-hybridized carbons (Fsp3) is 0.450. The van der Waals surface area contributed by atoms with Crippen LogP contribution >= 0.6 is 11.6 Å². The Labute approximate surface area is 174 Å². The van der Waals surface area contributed by atoms with Crippen LogP contribution < -0.4 is 26.6 Å². The number of aromatic nitrogens is 2. The molecule has 1 aromatic carbocycles. The maximum atomic E-state index is 12.5. The molecule has 2 rings (SSSR count). The van der Waals surface area contributed by atoms with Gasteiger partial charge in [0.05, 0.1) is 6.61 Å². The number of rotatable bonds is 9. The molecule has 0 atom stereocenters. The second kappa shape index (κ2) is 10.2. The lowest BCUT2D eigenvalue weighted by Crippen LogP contribution is -2.39. The van der Waals surface area contributed by atoms with Crippen molar-refractivity contribution >= 4 is 29.0 Å². The van der Waals surface area contributed by atoms with Gasteiger partial charge in [-0.25, -0.2) is 4.79 Å². The molecule has 0 spiro atoms. The maximum Gasteiger partial charge on any atom is 0.330 e. The van der Waals surface area contributed by atoms with Crippen LogP contribution in [0.1, 0.15) is 38.2 Å². The highest BCUT2D eigenvalue weighted by Gasteiger charge is 2.20. The average Bonchev–Trinajstić information content (AvgIpc) is 2.67. The quantitative estimate of drug-likeness (QED) is 0.603. The van der Waals surface area contributed by atoms with Crippen molar-refractivity contribution in [1.29, 1.82) is 0 Å². The van der Waals surface area contributed by atoms with Gasteiger partial charge in [0.15, 0.2) is 5.69 Å². The van der Waals surface area contributed by atoms with E-state index in [1.165, 1.54) is 16.5 Å². The molecular weight excluding hydrogens is 396 g/mol. The molecule has 1 heterocycles. The number of amides is 1. The Balaban J connectivity index is 2.01. The molecule has 3 N–H and O–H groups in total. The first-order valence-electron chi connectivity index (χ1n) is 9.54. The second-order valence-corrected chi connectivity index (χ2v) is 7.22. The summed E-state index contributed by atoms with van der Waals surface area (Å²) in [6, 6.07) is 5.35. The Morgan fingerprint density at radius 3 is 2.69 bits per heavy atom. The molecule has 8 nitrogen and oxygen atoms in total. The number of benzene rings is 1. The van der Waals surface area contributed by atoms with Crippen molar-refractivity contribution in [3.63, 3.8) is 0 Å². The number of anilines is 2. The summed E-state index contributed by atoms with van der Waals surface area (Å²) < 4.78 is 6.92. The highest BCUT2D eigenvalue weighted by molar-refractivity contribution is 6.31. The third-order valence-corrected chi connectivity index (χ3v) is 5.02. The highest BCUT2D eigenvalue weighted by Crippen LogP contribution is 2.21. The van der Waals surface area contributed by atoms with Crippen molar-refractivity contribution in [3.05, 3.63) is 49.6 Å². The molecule has 0 unspecified atom stereocenters. The summed E-state index contributed by atoms with van der Waals surface area (Å²) in [6.45, 7) is 4.58. The molecule has 0 bridgehead atoms. The Morgan fingerprint density at radius 1 is 1.31 bits per heavy atom. The van der Waals surface area contributed by atoms with E-state index >= 15 is 0 Å². The largest absolute Gasteiger partial charge is 0.494 e. The Morgan fingerprint density at radius 2 is 2.03 bits per heavy atom. The number of aromatic amines is 1. The number of nitrogen functional groups attached to an aromatic ring is 1. The summed E-state index contributed by atoms with van der Waals surface area (Å²) in [5.74, 6) is 0.381. The summed E-state index contributed by atoms with van der Waals surface area (Å²) in [7, 11) is 1.47. The molecule has 0 radical (unpaired) electrons. The van der Waals surface area contributed by atoms with Crippen LogP contribution in [0, 0.1) is 6.92 Å². The van der Waals surface area contributed by atoms with E-state index in [9.17, 15) is 14.4 Å². The summed E-state index contributed by atoms with van der Waals surface area (Å²) >= 11 is 5.99. The number of hydrogen-bond donors (Lipinski definition) is 2. The van der Waals surface area contributed by atoms with Gasteiger partial charge in [-0.1, -0.05) is 24.9 Å². The van der Waals surface area contributed by atoms with Crippen molar-refractivity contribution in [3.8, 4) is 5.75 Å². The molecule has 0 aliphatic heterocycles. The monoisotopic (exact) mass is 422 g/mol. The minimum absolute atomic E-state index is 0.00376. The van der Waals surface area contributed by atoms with Crippen molar-refractivity contribution in [1.82, 2.24) is 9.55 Å². The number of H-pyrrole nitrogens is 1. The van der Waals surface area contributed by atoms with Crippen molar-refractivity contribution in [2.45, 2.75) is 46.1 Å². The third-order valence-electron chi connectivity index (χ3n) is 4.59. The SMILES string of the molecule is CCCCn1c(N)c(N(C)C(=O)CCCOc2ccc(Cl)c(C)c2)c(=O)[nH]c1=O. The van der Waals surface area contributed by atoms with Crippen LogP contribution in [0.3, 0.4) is 0 Å². The van der Waals surface area contributed by atoms with E-state index in [0.29, 0.717) is 30.3 Å². The number of nitrogens with zero attached hydrogens (tertiary/aromatic N) is 2. The fourth-order valence-corrected chi connectivity index (χ4v) is 2.97. The minimum Gasteiger partial charge on any atom is -0.494 e. The number of carbonyl (C=O) groups is 1. The topological polar surface area (TPSA) is 110 Å². The molecule has 1 amide bonds. The summed E-state index contributed by atoms with van der Waals surface area (Å²) in [5.41, 5.74) is 5.68. The fourth-order valence-electron chi connectivity index (χ4n) is 2.85. The molecule has 1 aromatic heterocycles. The van der Waals surface area contributed by atoms with Gasteiger partial charge in [-0.15, -0.1) is 0 Å². The van der Waals surface area contributed by atoms with Crippen LogP contribution in [0.5, 0.6) is 5.75 Å². The number of nitrogens with two attached hydrogens (primary N) is 1. The summed E-state index contributed by atoms with van der Waals surface area (Å²) in [6.07, 6.45) is 2.21. The average molecular weight is 423 g/mol. The molecule has 0 fully saturated rings. The van der Waals surface area contributed by atoms with E-state index in [0.717, 1.165) is 18.4 Å². The highest BCUT2D eigenvalue weighted by atomic mass is 35.5. The lowest BCUT2D eigenvalue weighted by Gasteiger charge is -2.20. The zero-order chi connectivity index (χ0) is 21.6. The number of nitrogens with one attached hydrogen (secondary N) is 1.